The highest BCUT2D eigenvalue weighted by atomic mass is 16.5. The minimum absolute atomic E-state index is 0.00231. The third kappa shape index (κ3) is 13.5. The zero-order valence-electron chi connectivity index (χ0n) is 29.2. The molecule has 6 nitrogen and oxygen atoms in total. The van der Waals surface area contributed by atoms with Crippen molar-refractivity contribution < 1.29 is 19.7 Å². The summed E-state index contributed by atoms with van der Waals surface area (Å²) in [5.74, 6) is 1.15. The van der Waals surface area contributed by atoms with Crippen molar-refractivity contribution in [2.45, 2.75) is 123 Å². The van der Waals surface area contributed by atoms with Crippen LogP contribution in [0.25, 0.3) is 0 Å². The first kappa shape index (κ1) is 37.6. The Morgan fingerprint density at radius 1 is 0.804 bits per heavy atom. The number of phenols is 1. The van der Waals surface area contributed by atoms with Crippen LogP contribution in [0.15, 0.2) is 48.7 Å². The lowest BCUT2D eigenvalue weighted by molar-refractivity contribution is 0.0851. The summed E-state index contributed by atoms with van der Waals surface area (Å²) < 4.78 is 5.30. The van der Waals surface area contributed by atoms with Gasteiger partial charge in [0.1, 0.15) is 11.5 Å². The van der Waals surface area contributed by atoms with Gasteiger partial charge in [0, 0.05) is 50.6 Å². The Kier molecular flexibility index (Phi) is 17.9. The van der Waals surface area contributed by atoms with Gasteiger partial charge in [0.05, 0.1) is 13.2 Å². The Labute approximate surface area is 279 Å². The number of aromatic hydroxyl groups is 1. The van der Waals surface area contributed by atoms with Crippen molar-refractivity contribution in [1.29, 1.82) is 0 Å². The molecule has 0 amide bonds. The van der Waals surface area contributed by atoms with Gasteiger partial charge in [-0.25, -0.2) is 0 Å². The van der Waals surface area contributed by atoms with Crippen LogP contribution in [0.4, 0.5) is 0 Å². The maximum absolute atomic E-state index is 13.4. The highest BCUT2D eigenvalue weighted by Crippen LogP contribution is 2.29. The lowest BCUT2D eigenvalue weighted by Crippen LogP contribution is -2.45. The van der Waals surface area contributed by atoms with E-state index in [1.54, 1.807) is 13.2 Å². The summed E-state index contributed by atoms with van der Waals surface area (Å²) in [5, 5.41) is 22.0. The first-order valence-electron chi connectivity index (χ1n) is 18.3. The SMILES string of the molecule is CCCCCCCCCc1cc(C(=O)C=CN2CCN(CC(O)c3cccc(OC)c3)CC2)cc(CCCCCCCCC)c1O. The minimum Gasteiger partial charge on any atom is -0.507 e. The fourth-order valence-corrected chi connectivity index (χ4v) is 6.39. The van der Waals surface area contributed by atoms with E-state index in [1.165, 1.54) is 64.2 Å². The van der Waals surface area contributed by atoms with Crippen LogP contribution < -0.4 is 4.74 Å². The van der Waals surface area contributed by atoms with Gasteiger partial charge in [-0.05, 0) is 66.6 Å². The maximum Gasteiger partial charge on any atom is 0.187 e. The summed E-state index contributed by atoms with van der Waals surface area (Å²) in [6.07, 6.45) is 21.9. The van der Waals surface area contributed by atoms with E-state index in [2.05, 4.69) is 23.6 Å². The van der Waals surface area contributed by atoms with E-state index >= 15 is 0 Å². The molecule has 1 atom stereocenters. The lowest BCUT2D eigenvalue weighted by Gasteiger charge is -2.35. The van der Waals surface area contributed by atoms with Gasteiger partial charge in [0.15, 0.2) is 5.78 Å². The molecule has 3 rings (SSSR count). The second-order valence-electron chi connectivity index (χ2n) is 13.2. The first-order valence-corrected chi connectivity index (χ1v) is 18.3. The molecule has 2 aromatic rings. The number of phenolic OH excluding ortho intramolecular Hbond substituents is 1. The van der Waals surface area contributed by atoms with Crippen LogP contribution in [0.5, 0.6) is 11.5 Å². The monoisotopic (exact) mass is 634 g/mol. The highest BCUT2D eigenvalue weighted by molar-refractivity contribution is 6.04. The number of unbranched alkanes of at least 4 members (excludes halogenated alkanes) is 12. The van der Waals surface area contributed by atoms with Crippen molar-refractivity contribution in [1.82, 2.24) is 9.80 Å². The smallest absolute Gasteiger partial charge is 0.187 e. The number of allylic oxidation sites excluding steroid dienone is 1. The number of β-amino-alcohol motifs (C(OH)–C–C–N with tert-alkyl or cyclic N) is 1. The largest absolute Gasteiger partial charge is 0.507 e. The standard InChI is InChI=1S/C40H62N2O4/c1-4-6-8-10-12-14-16-19-34-29-36(30-35(40(34)45)20-17-15-13-11-9-7-5-2)38(43)23-24-41-25-27-42(28-26-41)32-39(44)33-21-18-22-37(31-33)46-3/h18,21-24,29-31,39,44-45H,4-17,19-20,25-28,32H2,1-3H3. The number of carbonyl (C=O) groups is 1. The zero-order valence-corrected chi connectivity index (χ0v) is 29.2. The number of ketones is 1. The van der Waals surface area contributed by atoms with Gasteiger partial charge in [0.2, 0.25) is 0 Å². The van der Waals surface area contributed by atoms with Gasteiger partial charge >= 0.3 is 0 Å². The number of hydrogen-bond acceptors (Lipinski definition) is 6. The van der Waals surface area contributed by atoms with Crippen LogP contribution in [0.1, 0.15) is 137 Å². The van der Waals surface area contributed by atoms with E-state index in [0.717, 1.165) is 87.1 Å². The van der Waals surface area contributed by atoms with Crippen molar-refractivity contribution in [3.8, 4) is 11.5 Å². The molecule has 1 aliphatic rings. The molecule has 0 spiro atoms. The Morgan fingerprint density at radius 3 is 1.89 bits per heavy atom. The van der Waals surface area contributed by atoms with Crippen LogP contribution in [0.3, 0.4) is 0 Å². The Bertz CT molecular complexity index is 1130. The summed E-state index contributed by atoms with van der Waals surface area (Å²) in [6, 6.07) is 11.5. The van der Waals surface area contributed by atoms with Crippen molar-refractivity contribution >= 4 is 5.78 Å². The average molecular weight is 635 g/mol. The zero-order chi connectivity index (χ0) is 33.0. The Balaban J connectivity index is 1.55. The molecule has 0 aromatic heterocycles. The summed E-state index contributed by atoms with van der Waals surface area (Å²) >= 11 is 0. The number of piperazine rings is 1. The Hall–Kier alpha value is -2.83. The van der Waals surface area contributed by atoms with Crippen LogP contribution in [0.2, 0.25) is 0 Å². The van der Waals surface area contributed by atoms with Gasteiger partial charge in [-0.1, -0.05) is 103 Å². The Morgan fingerprint density at radius 2 is 1.35 bits per heavy atom. The normalized spacial score (nSPS) is 14.7. The molecule has 256 valence electrons. The highest BCUT2D eigenvalue weighted by Gasteiger charge is 2.19. The molecule has 0 radical (unpaired) electrons. The third-order valence-electron chi connectivity index (χ3n) is 9.40. The molecular weight excluding hydrogens is 572 g/mol. The third-order valence-corrected chi connectivity index (χ3v) is 9.40. The number of aryl methyl sites for hydroxylation is 2. The molecule has 2 N–H and O–H groups in total. The van der Waals surface area contributed by atoms with E-state index < -0.39 is 6.10 Å². The van der Waals surface area contributed by atoms with Crippen LogP contribution in [0, 0.1) is 0 Å². The maximum atomic E-state index is 13.4. The predicted molar refractivity (Wildman–Crippen MR) is 191 cm³/mol. The number of carbonyl (C=O) groups excluding carboxylic acids is 1. The predicted octanol–water partition coefficient (Wildman–Crippen LogP) is 9.03. The number of rotatable bonds is 23. The molecule has 0 bridgehead atoms. The second kappa shape index (κ2) is 21.9. The molecule has 1 heterocycles. The fraction of sp³-hybridized carbons (Fsp3) is 0.625. The van der Waals surface area contributed by atoms with E-state index in [-0.39, 0.29) is 5.78 Å². The van der Waals surface area contributed by atoms with Crippen LogP contribution in [-0.2, 0) is 12.8 Å². The molecular formula is C40H62N2O4. The topological polar surface area (TPSA) is 73.2 Å². The fourth-order valence-electron chi connectivity index (χ4n) is 6.39. The van der Waals surface area contributed by atoms with Gasteiger partial charge in [0.25, 0.3) is 0 Å². The van der Waals surface area contributed by atoms with E-state index in [0.29, 0.717) is 17.9 Å². The first-order chi connectivity index (χ1) is 22.4. The van der Waals surface area contributed by atoms with E-state index in [1.807, 2.05) is 42.6 Å². The number of benzene rings is 2. The van der Waals surface area contributed by atoms with Crippen molar-refractivity contribution in [2.24, 2.45) is 0 Å². The van der Waals surface area contributed by atoms with E-state index in [9.17, 15) is 15.0 Å². The summed E-state index contributed by atoms with van der Waals surface area (Å²) in [7, 11) is 1.64. The van der Waals surface area contributed by atoms with Crippen LogP contribution in [-0.4, -0.2) is 65.6 Å². The summed E-state index contributed by atoms with van der Waals surface area (Å²) in [4.78, 5) is 17.9. The number of aliphatic hydroxyl groups excluding tert-OH is 1. The van der Waals surface area contributed by atoms with Crippen molar-refractivity contribution in [2.75, 3.05) is 39.8 Å². The molecule has 1 fully saturated rings. The molecule has 1 saturated heterocycles. The molecule has 0 aliphatic carbocycles. The van der Waals surface area contributed by atoms with Crippen molar-refractivity contribution in [3.63, 3.8) is 0 Å². The lowest BCUT2D eigenvalue weighted by atomic mass is 9.94. The summed E-state index contributed by atoms with van der Waals surface area (Å²) in [5.41, 5.74) is 3.40. The van der Waals surface area contributed by atoms with Gasteiger partial charge in [-0.15, -0.1) is 0 Å². The van der Waals surface area contributed by atoms with Gasteiger partial charge < -0.3 is 19.8 Å². The second-order valence-corrected chi connectivity index (χ2v) is 13.2. The molecule has 46 heavy (non-hydrogen) atoms. The van der Waals surface area contributed by atoms with Gasteiger partial charge in [-0.2, -0.15) is 0 Å². The number of ether oxygens (including phenoxy) is 1. The van der Waals surface area contributed by atoms with Crippen LogP contribution >= 0.6 is 0 Å². The molecule has 0 saturated carbocycles. The molecule has 2 aromatic carbocycles. The van der Waals surface area contributed by atoms with E-state index in [4.69, 9.17) is 4.74 Å². The van der Waals surface area contributed by atoms with Crippen molar-refractivity contribution in [3.05, 3.63) is 70.9 Å². The number of hydrogen-bond donors (Lipinski definition) is 2. The molecule has 1 unspecified atom stereocenters. The van der Waals surface area contributed by atoms with Gasteiger partial charge in [-0.3, -0.25) is 9.69 Å². The molecule has 1 aliphatic heterocycles. The number of methoxy groups -OCH3 is 1. The summed E-state index contributed by atoms with van der Waals surface area (Å²) in [6.45, 7) is 8.31. The molecule has 6 heteroatoms. The minimum atomic E-state index is -0.571. The average Bonchev–Trinajstić information content (AvgIpc) is 3.08. The number of nitrogens with zero attached hydrogens (tertiary/aromatic N) is 2. The quantitative estimate of drug-likeness (QED) is 0.0722. The number of aliphatic hydroxyl groups is 1.